The number of nitrogens with two attached hydrogens (primary N) is 1. The fourth-order valence-electron chi connectivity index (χ4n) is 3.03. The van der Waals surface area contributed by atoms with Gasteiger partial charge in [-0.15, -0.1) is 0 Å². The zero-order chi connectivity index (χ0) is 19.2. The number of rotatable bonds is 1. The molecule has 1 aliphatic carbocycles. The molecular weight excluding hydrogens is 507 g/mol. The number of allylic oxidation sites excluding steroid dienone is 3. The van der Waals surface area contributed by atoms with Crippen LogP contribution < -0.4 is 5.73 Å². The summed E-state index contributed by atoms with van der Waals surface area (Å²) < 4.78 is 1.29. The molecule has 0 aliphatic heterocycles. The van der Waals surface area contributed by atoms with E-state index in [0.717, 1.165) is 22.3 Å². The number of hydrogen-bond donors (Lipinski definition) is 2. The Kier molecular flexibility index (Phi) is 4.78. The number of fused-ring (bicyclic) bond motifs is 1. The van der Waals surface area contributed by atoms with Gasteiger partial charge in [0.05, 0.1) is 24.9 Å². The van der Waals surface area contributed by atoms with Crippen LogP contribution in [0.25, 0.3) is 17.2 Å². The van der Waals surface area contributed by atoms with Crippen molar-refractivity contribution in [2.24, 2.45) is 0 Å². The number of phenolic OH excluding ortho intramolecular Hbond substituents is 1. The zero-order valence-electron chi connectivity index (χ0n) is 13.9. The van der Waals surface area contributed by atoms with Gasteiger partial charge < -0.3 is 10.8 Å². The molecule has 3 rings (SSSR count). The predicted molar refractivity (Wildman–Crippen MR) is 113 cm³/mol. The van der Waals surface area contributed by atoms with Gasteiger partial charge in [-0.25, -0.2) is 4.98 Å². The van der Waals surface area contributed by atoms with E-state index in [1.165, 1.54) is 0 Å². The molecule has 26 heavy (non-hydrogen) atoms. The molecule has 1 heterocycles. The number of aromatic nitrogens is 1. The summed E-state index contributed by atoms with van der Waals surface area (Å²) in [5.41, 5.74) is 11.1. The quantitative estimate of drug-likeness (QED) is 0.529. The maximum absolute atomic E-state index is 9.94. The summed E-state index contributed by atoms with van der Waals surface area (Å²) in [6, 6.07) is 7.93. The van der Waals surface area contributed by atoms with Crippen molar-refractivity contribution in [2.75, 3.05) is 5.73 Å². The van der Waals surface area contributed by atoms with Crippen LogP contribution >= 0.6 is 38.5 Å². The summed E-state index contributed by atoms with van der Waals surface area (Å²) in [4.78, 5) is 4.31. The number of hydrogen-bond acceptors (Lipinski definition) is 5. The third-order valence-corrected chi connectivity index (χ3v) is 5.76. The van der Waals surface area contributed by atoms with E-state index < -0.39 is 0 Å². The minimum absolute atomic E-state index is 0.132. The Balaban J connectivity index is 2.34. The molecule has 0 saturated carbocycles. The van der Waals surface area contributed by atoms with Gasteiger partial charge >= 0.3 is 0 Å². The van der Waals surface area contributed by atoms with E-state index in [9.17, 15) is 15.6 Å². The molecule has 0 spiro atoms. The average Bonchev–Trinajstić information content (AvgIpc) is 2.84. The van der Waals surface area contributed by atoms with Crippen LogP contribution in [0.5, 0.6) is 5.75 Å². The first-order chi connectivity index (χ1) is 12.3. The second-order valence-electron chi connectivity index (χ2n) is 5.84. The lowest BCUT2D eigenvalue weighted by Gasteiger charge is -2.11. The maximum atomic E-state index is 9.94. The number of anilines is 1. The monoisotopic (exact) mass is 518 g/mol. The van der Waals surface area contributed by atoms with Crippen molar-refractivity contribution in [1.29, 1.82) is 10.5 Å². The van der Waals surface area contributed by atoms with E-state index in [1.807, 2.05) is 26.0 Å². The highest BCUT2D eigenvalue weighted by Gasteiger charge is 2.29. The Morgan fingerprint density at radius 2 is 1.96 bits per heavy atom. The molecule has 0 atom stereocenters. The molecule has 3 N–H and O–H groups in total. The van der Waals surface area contributed by atoms with Crippen LogP contribution in [0.15, 0.2) is 22.2 Å². The molecule has 128 valence electrons. The van der Waals surface area contributed by atoms with E-state index in [0.29, 0.717) is 30.4 Å². The minimum Gasteiger partial charge on any atom is -0.506 e. The van der Waals surface area contributed by atoms with Crippen LogP contribution in [0.4, 0.5) is 5.82 Å². The van der Waals surface area contributed by atoms with Crippen molar-refractivity contribution in [3.05, 3.63) is 53.7 Å². The summed E-state index contributed by atoms with van der Waals surface area (Å²) in [5.74, 6) is 0.314. The van der Waals surface area contributed by atoms with Crippen molar-refractivity contribution in [2.45, 2.75) is 13.8 Å². The first-order valence-corrected chi connectivity index (χ1v) is 9.39. The highest BCUT2D eigenvalue weighted by atomic mass is 127. The molecule has 1 aliphatic rings. The van der Waals surface area contributed by atoms with Gasteiger partial charge in [-0.3, -0.25) is 0 Å². The van der Waals surface area contributed by atoms with Crippen LogP contribution in [-0.2, 0) is 0 Å². The average molecular weight is 519 g/mol. The summed E-state index contributed by atoms with van der Waals surface area (Å²) in [7, 11) is 0. The molecule has 2 aromatic rings. The Morgan fingerprint density at radius 3 is 2.54 bits per heavy atom. The van der Waals surface area contributed by atoms with Gasteiger partial charge in [0.15, 0.2) is 0 Å². The summed E-state index contributed by atoms with van der Waals surface area (Å²) >= 11 is 5.40. The second-order valence-corrected chi connectivity index (χ2v) is 7.85. The second kappa shape index (κ2) is 6.75. The number of nitrogens with zero attached hydrogens (tertiary/aromatic N) is 3. The lowest BCUT2D eigenvalue weighted by atomic mass is 9.95. The molecule has 0 radical (unpaired) electrons. The lowest BCUT2D eigenvalue weighted by molar-refractivity contribution is 0.468. The highest BCUT2D eigenvalue weighted by Crippen LogP contribution is 2.44. The van der Waals surface area contributed by atoms with Crippen LogP contribution in [0.1, 0.15) is 34.9 Å². The Bertz CT molecular complexity index is 1100. The Morgan fingerprint density at radius 1 is 1.27 bits per heavy atom. The van der Waals surface area contributed by atoms with Crippen molar-refractivity contribution in [1.82, 2.24) is 4.98 Å². The predicted octanol–water partition coefficient (Wildman–Crippen LogP) is 4.77. The van der Waals surface area contributed by atoms with E-state index >= 15 is 0 Å². The molecule has 5 nitrogen and oxygen atoms in total. The lowest BCUT2D eigenvalue weighted by Crippen LogP contribution is -2.03. The van der Waals surface area contributed by atoms with Crippen LogP contribution in [0, 0.1) is 33.2 Å². The molecule has 1 aromatic carbocycles. The van der Waals surface area contributed by atoms with Gasteiger partial charge in [0.25, 0.3) is 0 Å². The van der Waals surface area contributed by atoms with Crippen LogP contribution in [0.2, 0.25) is 0 Å². The Hall–Kier alpha value is -2.36. The number of halogens is 2. The smallest absolute Gasteiger partial charge is 0.143 e. The van der Waals surface area contributed by atoms with Gasteiger partial charge in [0.1, 0.15) is 23.7 Å². The number of benzene rings is 1. The normalized spacial score (nSPS) is 14.3. The maximum Gasteiger partial charge on any atom is 0.143 e. The summed E-state index contributed by atoms with van der Waals surface area (Å²) in [6.07, 6.45) is 1.93. The van der Waals surface area contributed by atoms with Crippen molar-refractivity contribution in [3.63, 3.8) is 0 Å². The molecule has 0 fully saturated rings. The van der Waals surface area contributed by atoms with Crippen molar-refractivity contribution in [3.8, 4) is 17.9 Å². The Labute approximate surface area is 172 Å². The molecule has 0 amide bonds. The fraction of sp³-hybridized carbons (Fsp3) is 0.105. The third kappa shape index (κ3) is 2.77. The zero-order valence-corrected chi connectivity index (χ0v) is 17.6. The fourth-order valence-corrected chi connectivity index (χ4v) is 4.53. The number of nitriles is 2. The molecule has 0 unspecified atom stereocenters. The number of phenols is 1. The van der Waals surface area contributed by atoms with E-state index in [4.69, 9.17) is 5.73 Å². The van der Waals surface area contributed by atoms with Crippen LogP contribution in [0.3, 0.4) is 0 Å². The van der Waals surface area contributed by atoms with Gasteiger partial charge in [0.2, 0.25) is 0 Å². The third-order valence-electron chi connectivity index (χ3n) is 4.33. The molecular formula is C19H12BrIN4O. The van der Waals surface area contributed by atoms with Gasteiger partial charge in [-0.05, 0) is 92.9 Å². The van der Waals surface area contributed by atoms with Crippen molar-refractivity contribution >= 4 is 61.6 Å². The van der Waals surface area contributed by atoms with E-state index in [-0.39, 0.29) is 11.6 Å². The first kappa shape index (κ1) is 18.4. The van der Waals surface area contributed by atoms with E-state index in [1.54, 1.807) is 6.07 Å². The van der Waals surface area contributed by atoms with Crippen LogP contribution in [-0.4, -0.2) is 10.1 Å². The molecule has 1 aromatic heterocycles. The molecule has 7 heteroatoms. The highest BCUT2D eigenvalue weighted by molar-refractivity contribution is 14.1. The molecule has 0 saturated heterocycles. The first-order valence-electron chi connectivity index (χ1n) is 7.52. The standard InChI is InChI=1S/C19H12BrIN4O/c1-8-11(3-10-4-14(20)18(26)15(21)5-10)16-9(2)13(7-23)19(24)25-17(16)12(8)6-22/h3-5,26H,1-2H3,(H2,24,25)/b11-3-. The van der Waals surface area contributed by atoms with Gasteiger partial charge in [0, 0.05) is 5.56 Å². The minimum atomic E-state index is 0.132. The van der Waals surface area contributed by atoms with E-state index in [2.05, 4.69) is 55.6 Å². The summed E-state index contributed by atoms with van der Waals surface area (Å²) in [6.45, 7) is 3.67. The number of nitrogen functional groups attached to an aromatic ring is 1. The largest absolute Gasteiger partial charge is 0.506 e. The van der Waals surface area contributed by atoms with Gasteiger partial charge in [-0.1, -0.05) is 0 Å². The number of aromatic hydroxyl groups is 1. The summed E-state index contributed by atoms with van der Waals surface area (Å²) in [5, 5.41) is 28.9. The SMILES string of the molecule is CC1=C(C#N)c2nc(N)c(C#N)c(C)c2/C1=C\c1cc(Br)c(O)c(I)c1. The van der Waals surface area contributed by atoms with Gasteiger partial charge in [-0.2, -0.15) is 10.5 Å². The topological polar surface area (TPSA) is 107 Å². The van der Waals surface area contributed by atoms with Crippen molar-refractivity contribution < 1.29 is 5.11 Å². The number of pyridine rings is 1. The molecule has 0 bridgehead atoms.